The second kappa shape index (κ2) is 7.18. The molecule has 0 N–H and O–H groups in total. The quantitative estimate of drug-likeness (QED) is 0.356. The maximum atomic E-state index is 11.6. The van der Waals surface area contributed by atoms with Gasteiger partial charge in [-0.25, -0.2) is 0 Å². The van der Waals surface area contributed by atoms with Crippen LogP contribution in [-0.4, -0.2) is 30.8 Å². The summed E-state index contributed by atoms with van der Waals surface area (Å²) in [6.45, 7) is 0. The van der Waals surface area contributed by atoms with Gasteiger partial charge in [-0.15, -0.1) is 9.24 Å². The number of halogens is 3. The molecule has 1 aromatic rings. The SMILES string of the molecule is O=C(CCP)c1c(Cl)ccc(Cl)c1Cl.[Li]. The van der Waals surface area contributed by atoms with E-state index in [0.29, 0.717) is 28.2 Å². The van der Waals surface area contributed by atoms with Crippen LogP contribution in [0.4, 0.5) is 0 Å². The molecule has 0 aromatic heterocycles. The van der Waals surface area contributed by atoms with Crippen molar-refractivity contribution in [2.75, 3.05) is 6.16 Å². The number of hydrogen-bond acceptors (Lipinski definition) is 1. The zero-order valence-corrected chi connectivity index (χ0v) is 11.6. The van der Waals surface area contributed by atoms with Crippen molar-refractivity contribution in [1.29, 1.82) is 0 Å². The van der Waals surface area contributed by atoms with Gasteiger partial charge in [0, 0.05) is 25.3 Å². The van der Waals surface area contributed by atoms with Gasteiger partial charge in [0.2, 0.25) is 0 Å². The van der Waals surface area contributed by atoms with E-state index in [-0.39, 0.29) is 29.7 Å². The molecule has 1 atom stereocenters. The van der Waals surface area contributed by atoms with Crippen LogP contribution in [0, 0.1) is 0 Å². The minimum absolute atomic E-state index is 0. The molecule has 1 radical (unpaired) electrons. The third kappa shape index (κ3) is 3.94. The summed E-state index contributed by atoms with van der Waals surface area (Å²) >= 11 is 17.5. The van der Waals surface area contributed by atoms with Crippen LogP contribution in [0.5, 0.6) is 0 Å². The molecule has 0 amide bonds. The van der Waals surface area contributed by atoms with Crippen molar-refractivity contribution in [3.8, 4) is 0 Å². The molecule has 1 aromatic carbocycles. The predicted molar refractivity (Wildman–Crippen MR) is 70.8 cm³/mol. The zero-order valence-electron chi connectivity index (χ0n) is 8.19. The van der Waals surface area contributed by atoms with Gasteiger partial charge < -0.3 is 0 Å². The smallest absolute Gasteiger partial charge is 0.166 e. The van der Waals surface area contributed by atoms with Crippen molar-refractivity contribution in [2.45, 2.75) is 6.42 Å². The van der Waals surface area contributed by atoms with Crippen LogP contribution in [-0.2, 0) is 0 Å². The van der Waals surface area contributed by atoms with Crippen molar-refractivity contribution < 1.29 is 4.79 Å². The Kier molecular flexibility index (Phi) is 7.56. The Labute approximate surface area is 118 Å². The molecule has 0 heterocycles. The molecule has 0 aliphatic carbocycles. The van der Waals surface area contributed by atoms with Crippen LogP contribution in [0.2, 0.25) is 15.1 Å². The van der Waals surface area contributed by atoms with Crippen molar-refractivity contribution >= 4 is 68.7 Å². The largest absolute Gasteiger partial charge is 0.294 e. The summed E-state index contributed by atoms with van der Waals surface area (Å²) in [7, 11) is 2.48. The fraction of sp³-hybridized carbons (Fsp3) is 0.222. The average Bonchev–Trinajstić information content (AvgIpc) is 2.13. The van der Waals surface area contributed by atoms with Gasteiger partial charge in [0.05, 0.1) is 20.6 Å². The van der Waals surface area contributed by atoms with E-state index in [2.05, 4.69) is 9.24 Å². The van der Waals surface area contributed by atoms with Crippen LogP contribution < -0.4 is 0 Å². The molecular weight excluding hydrogens is 268 g/mol. The van der Waals surface area contributed by atoms with E-state index in [1.807, 2.05) is 0 Å². The number of ketones is 1. The van der Waals surface area contributed by atoms with Crippen LogP contribution >= 0.6 is 44.0 Å². The Morgan fingerprint density at radius 2 is 1.73 bits per heavy atom. The van der Waals surface area contributed by atoms with E-state index < -0.39 is 0 Å². The van der Waals surface area contributed by atoms with E-state index in [1.165, 1.54) is 0 Å². The van der Waals surface area contributed by atoms with Crippen molar-refractivity contribution in [2.24, 2.45) is 0 Å². The number of carbonyl (C=O) groups is 1. The third-order valence-corrected chi connectivity index (χ3v) is 3.10. The fourth-order valence-corrected chi connectivity index (χ4v) is 2.04. The number of Topliss-reactive ketones (excluding diaryl/α,β-unsaturated/α-hetero) is 1. The Morgan fingerprint density at radius 1 is 1.20 bits per heavy atom. The Morgan fingerprint density at radius 3 is 2.27 bits per heavy atom. The van der Waals surface area contributed by atoms with Crippen molar-refractivity contribution in [3.63, 3.8) is 0 Å². The summed E-state index contributed by atoms with van der Waals surface area (Å²) in [5, 5.41) is 0.939. The predicted octanol–water partition coefficient (Wildman–Crippen LogP) is 3.71. The van der Waals surface area contributed by atoms with E-state index in [1.54, 1.807) is 12.1 Å². The third-order valence-electron chi connectivity index (χ3n) is 1.69. The van der Waals surface area contributed by atoms with Gasteiger partial charge in [-0.1, -0.05) is 34.8 Å². The van der Waals surface area contributed by atoms with Gasteiger partial charge in [0.1, 0.15) is 0 Å². The summed E-state index contributed by atoms with van der Waals surface area (Å²) in [5.74, 6) is -0.0856. The summed E-state index contributed by atoms with van der Waals surface area (Å²) < 4.78 is 0. The normalized spacial score (nSPS) is 9.60. The molecule has 1 unspecified atom stereocenters. The van der Waals surface area contributed by atoms with Gasteiger partial charge in [-0.05, 0) is 18.3 Å². The summed E-state index contributed by atoms with van der Waals surface area (Å²) in [5.41, 5.74) is 0.322. The van der Waals surface area contributed by atoms with E-state index in [0.717, 1.165) is 0 Å². The first-order valence-electron chi connectivity index (χ1n) is 3.94. The van der Waals surface area contributed by atoms with Gasteiger partial charge >= 0.3 is 0 Å². The molecule has 0 spiro atoms. The minimum atomic E-state index is -0.0856. The number of rotatable bonds is 3. The molecule has 0 aliphatic heterocycles. The summed E-state index contributed by atoms with van der Waals surface area (Å²) in [4.78, 5) is 11.6. The van der Waals surface area contributed by atoms with Gasteiger partial charge in [-0.2, -0.15) is 0 Å². The zero-order chi connectivity index (χ0) is 10.7. The Bertz CT molecular complexity index is 371. The average molecular weight is 276 g/mol. The molecule has 6 heteroatoms. The molecule has 15 heavy (non-hydrogen) atoms. The van der Waals surface area contributed by atoms with Crippen molar-refractivity contribution in [1.82, 2.24) is 0 Å². The second-order valence-corrected chi connectivity index (χ2v) is 4.45. The maximum Gasteiger partial charge on any atom is 0.166 e. The maximum absolute atomic E-state index is 11.6. The van der Waals surface area contributed by atoms with E-state index in [9.17, 15) is 4.79 Å². The molecule has 0 saturated heterocycles. The van der Waals surface area contributed by atoms with Crippen LogP contribution in [0.1, 0.15) is 16.8 Å². The van der Waals surface area contributed by atoms with Crippen molar-refractivity contribution in [3.05, 3.63) is 32.8 Å². The second-order valence-electron chi connectivity index (χ2n) is 2.68. The topological polar surface area (TPSA) is 17.1 Å². The monoisotopic (exact) mass is 275 g/mol. The molecule has 0 saturated carbocycles. The molecule has 77 valence electrons. The number of hydrogen-bond donors (Lipinski definition) is 0. The molecule has 1 rings (SSSR count). The van der Waals surface area contributed by atoms with E-state index in [4.69, 9.17) is 34.8 Å². The fourth-order valence-electron chi connectivity index (χ4n) is 1.04. The van der Waals surface area contributed by atoms with Crippen LogP contribution in [0.25, 0.3) is 0 Å². The molecule has 0 aliphatic rings. The first-order chi connectivity index (χ1) is 6.57. The van der Waals surface area contributed by atoms with Crippen LogP contribution in [0.3, 0.4) is 0 Å². The van der Waals surface area contributed by atoms with Gasteiger partial charge in [0.15, 0.2) is 5.78 Å². The molecule has 0 bridgehead atoms. The van der Waals surface area contributed by atoms with Gasteiger partial charge in [-0.3, -0.25) is 4.79 Å². The summed E-state index contributed by atoms with van der Waals surface area (Å²) in [6.07, 6.45) is 1.07. The van der Waals surface area contributed by atoms with E-state index >= 15 is 0 Å². The molecule has 0 fully saturated rings. The standard InChI is InChI=1S/C9H8Cl3OP.Li/c10-5-1-2-6(11)9(12)8(5)7(13)3-4-14;/h1-2H,3-4,14H2;. The minimum Gasteiger partial charge on any atom is -0.294 e. The first-order valence-corrected chi connectivity index (χ1v) is 5.89. The molecular formula is C9H8Cl3LiOP. The Hall–Kier alpha value is 0.787. The van der Waals surface area contributed by atoms with Crippen LogP contribution in [0.15, 0.2) is 12.1 Å². The number of carbonyl (C=O) groups excluding carboxylic acids is 1. The number of benzene rings is 1. The molecule has 1 nitrogen and oxygen atoms in total. The van der Waals surface area contributed by atoms with Gasteiger partial charge in [0.25, 0.3) is 0 Å². The first kappa shape index (κ1) is 15.8. The Balaban J connectivity index is 0.00000196. The summed E-state index contributed by atoms with van der Waals surface area (Å²) in [6, 6.07) is 3.15.